The maximum absolute atomic E-state index is 10.7. The number of fused-ring (bicyclic) bond motifs is 1. The highest BCUT2D eigenvalue weighted by molar-refractivity contribution is 7.13. The maximum Gasteiger partial charge on any atom is 0.325 e. The molecule has 0 amide bonds. The van der Waals surface area contributed by atoms with Crippen molar-refractivity contribution in [3.8, 4) is 0 Å². The molecule has 4 nitrogen and oxygen atoms in total. The van der Waals surface area contributed by atoms with E-state index >= 15 is 0 Å². The van der Waals surface area contributed by atoms with Crippen molar-refractivity contribution in [3.05, 3.63) is 24.3 Å². The predicted octanol–water partition coefficient (Wildman–Crippen LogP) is 2.18. The van der Waals surface area contributed by atoms with Crippen LogP contribution in [0.4, 0.5) is 5.82 Å². The third kappa shape index (κ3) is 1.92. The highest BCUT2D eigenvalue weighted by atomic mass is 32.1. The number of benzene rings is 1. The topological polar surface area (TPSA) is 62.2 Å². The lowest BCUT2D eigenvalue weighted by Gasteiger charge is -2.07. The lowest BCUT2D eigenvalue weighted by Crippen LogP contribution is -2.25. The van der Waals surface area contributed by atoms with E-state index < -0.39 is 12.0 Å². The molecule has 2 rings (SSSR count). The Morgan fingerprint density at radius 3 is 3.00 bits per heavy atom. The number of aliphatic carboxylic acids is 1. The standard InChI is InChI=1S/C10H10N2O2S/c1-6(10(13)14)11-9-7-4-2-3-5-8(7)15-12-9/h2-6H,1H3,(H,11,12)(H,13,14). The number of carbonyl (C=O) groups is 1. The Balaban J connectivity index is 2.32. The molecule has 1 aromatic heterocycles. The Kier molecular flexibility index (Phi) is 2.55. The Morgan fingerprint density at radius 2 is 2.27 bits per heavy atom. The molecule has 0 fully saturated rings. The highest BCUT2D eigenvalue weighted by Crippen LogP contribution is 2.26. The maximum atomic E-state index is 10.7. The summed E-state index contributed by atoms with van der Waals surface area (Å²) in [4.78, 5) is 10.7. The molecule has 0 saturated heterocycles. The highest BCUT2D eigenvalue weighted by Gasteiger charge is 2.13. The number of carboxylic acids is 1. The van der Waals surface area contributed by atoms with Crippen LogP contribution in [0.25, 0.3) is 10.1 Å². The smallest absolute Gasteiger partial charge is 0.325 e. The van der Waals surface area contributed by atoms with Crippen LogP contribution < -0.4 is 5.32 Å². The first-order valence-electron chi connectivity index (χ1n) is 4.52. The number of rotatable bonds is 3. The van der Waals surface area contributed by atoms with Gasteiger partial charge in [-0.2, -0.15) is 4.37 Å². The van der Waals surface area contributed by atoms with Gasteiger partial charge in [-0.1, -0.05) is 12.1 Å². The first kappa shape index (κ1) is 9.92. The van der Waals surface area contributed by atoms with Gasteiger partial charge in [-0.05, 0) is 30.6 Å². The number of carboxylic acid groups (broad SMARTS) is 1. The fourth-order valence-corrected chi connectivity index (χ4v) is 2.00. The van der Waals surface area contributed by atoms with Gasteiger partial charge in [-0.25, -0.2) is 0 Å². The van der Waals surface area contributed by atoms with Gasteiger partial charge in [0.05, 0.1) is 4.70 Å². The minimum atomic E-state index is -0.882. The number of anilines is 1. The number of hydrogen-bond donors (Lipinski definition) is 2. The van der Waals surface area contributed by atoms with Crippen molar-refractivity contribution in [1.82, 2.24) is 4.37 Å². The molecule has 2 aromatic rings. The molecule has 0 radical (unpaired) electrons. The van der Waals surface area contributed by atoms with Crippen LogP contribution in [0, 0.1) is 0 Å². The normalized spacial score (nSPS) is 12.6. The summed E-state index contributed by atoms with van der Waals surface area (Å²) in [6.45, 7) is 1.59. The summed E-state index contributed by atoms with van der Waals surface area (Å²) in [7, 11) is 0. The first-order valence-corrected chi connectivity index (χ1v) is 5.29. The summed E-state index contributed by atoms with van der Waals surface area (Å²) in [6.07, 6.45) is 0. The predicted molar refractivity (Wildman–Crippen MR) is 60.3 cm³/mol. The van der Waals surface area contributed by atoms with Crippen LogP contribution in [-0.4, -0.2) is 21.5 Å². The van der Waals surface area contributed by atoms with E-state index in [9.17, 15) is 4.79 Å². The van der Waals surface area contributed by atoms with E-state index in [1.54, 1.807) is 6.92 Å². The van der Waals surface area contributed by atoms with Gasteiger partial charge in [-0.3, -0.25) is 4.79 Å². The Labute approximate surface area is 90.7 Å². The van der Waals surface area contributed by atoms with Gasteiger partial charge < -0.3 is 10.4 Å². The second kappa shape index (κ2) is 3.86. The first-order chi connectivity index (χ1) is 7.18. The average molecular weight is 222 g/mol. The zero-order valence-electron chi connectivity index (χ0n) is 8.10. The minimum absolute atomic E-state index is 0.629. The third-order valence-electron chi connectivity index (χ3n) is 2.10. The molecule has 5 heteroatoms. The number of nitrogens with one attached hydrogen (secondary N) is 1. The molecule has 0 aliphatic carbocycles. The number of hydrogen-bond acceptors (Lipinski definition) is 4. The largest absolute Gasteiger partial charge is 0.480 e. The molecule has 0 aliphatic rings. The minimum Gasteiger partial charge on any atom is -0.480 e. The summed E-state index contributed by atoms with van der Waals surface area (Å²) in [5, 5.41) is 12.6. The zero-order chi connectivity index (χ0) is 10.8. The lowest BCUT2D eigenvalue weighted by atomic mass is 10.2. The molecule has 0 bridgehead atoms. The van der Waals surface area contributed by atoms with Gasteiger partial charge in [-0.15, -0.1) is 0 Å². The monoisotopic (exact) mass is 222 g/mol. The fourth-order valence-electron chi connectivity index (χ4n) is 1.26. The van der Waals surface area contributed by atoms with Crippen molar-refractivity contribution in [3.63, 3.8) is 0 Å². The van der Waals surface area contributed by atoms with Crippen LogP contribution in [0.1, 0.15) is 6.92 Å². The average Bonchev–Trinajstić information content (AvgIpc) is 2.62. The van der Waals surface area contributed by atoms with Gasteiger partial charge in [0.2, 0.25) is 0 Å². The Bertz CT molecular complexity index is 495. The van der Waals surface area contributed by atoms with Gasteiger partial charge in [0.1, 0.15) is 11.9 Å². The van der Waals surface area contributed by atoms with Crippen molar-refractivity contribution >= 4 is 33.4 Å². The zero-order valence-corrected chi connectivity index (χ0v) is 8.91. The van der Waals surface area contributed by atoms with Crippen LogP contribution in [0.15, 0.2) is 24.3 Å². The van der Waals surface area contributed by atoms with E-state index in [0.717, 1.165) is 10.1 Å². The molecule has 1 atom stereocenters. The van der Waals surface area contributed by atoms with Crippen molar-refractivity contribution in [1.29, 1.82) is 0 Å². The van der Waals surface area contributed by atoms with Crippen LogP contribution >= 0.6 is 11.5 Å². The second-order valence-electron chi connectivity index (χ2n) is 3.23. The molecule has 0 spiro atoms. The van der Waals surface area contributed by atoms with Crippen LogP contribution in [-0.2, 0) is 4.79 Å². The van der Waals surface area contributed by atoms with E-state index in [4.69, 9.17) is 5.11 Å². The van der Waals surface area contributed by atoms with Gasteiger partial charge in [0.25, 0.3) is 0 Å². The van der Waals surface area contributed by atoms with Crippen molar-refractivity contribution in [2.24, 2.45) is 0 Å². The number of aromatic nitrogens is 1. The van der Waals surface area contributed by atoms with Gasteiger partial charge >= 0.3 is 5.97 Å². The summed E-state index contributed by atoms with van der Waals surface area (Å²) >= 11 is 1.36. The van der Waals surface area contributed by atoms with Crippen LogP contribution in [0.3, 0.4) is 0 Å². The lowest BCUT2D eigenvalue weighted by molar-refractivity contribution is -0.137. The fraction of sp³-hybridized carbons (Fsp3) is 0.200. The van der Waals surface area contributed by atoms with E-state index in [1.807, 2.05) is 24.3 Å². The second-order valence-corrected chi connectivity index (χ2v) is 4.04. The van der Waals surface area contributed by atoms with E-state index in [0.29, 0.717) is 5.82 Å². The molecule has 1 heterocycles. The SMILES string of the molecule is CC(Nc1nsc2ccccc12)C(=O)O. The molecule has 2 N–H and O–H groups in total. The molecule has 1 aromatic carbocycles. The summed E-state index contributed by atoms with van der Waals surface area (Å²) in [6, 6.07) is 7.10. The Hall–Kier alpha value is -1.62. The molecule has 1 unspecified atom stereocenters. The van der Waals surface area contributed by atoms with E-state index in [1.165, 1.54) is 11.5 Å². The van der Waals surface area contributed by atoms with Gasteiger partial charge in [0, 0.05) is 5.39 Å². The summed E-state index contributed by atoms with van der Waals surface area (Å²) < 4.78 is 5.24. The summed E-state index contributed by atoms with van der Waals surface area (Å²) in [5.41, 5.74) is 0. The molecule has 0 saturated carbocycles. The number of nitrogens with zero attached hydrogens (tertiary/aromatic N) is 1. The van der Waals surface area contributed by atoms with Gasteiger partial charge in [0.15, 0.2) is 0 Å². The molecule has 0 aliphatic heterocycles. The molecule has 15 heavy (non-hydrogen) atoms. The molecular weight excluding hydrogens is 212 g/mol. The van der Waals surface area contributed by atoms with E-state index in [-0.39, 0.29) is 0 Å². The van der Waals surface area contributed by atoms with Crippen LogP contribution in [0.5, 0.6) is 0 Å². The van der Waals surface area contributed by atoms with Crippen molar-refractivity contribution < 1.29 is 9.90 Å². The molecule has 78 valence electrons. The van der Waals surface area contributed by atoms with Crippen molar-refractivity contribution in [2.75, 3.05) is 5.32 Å². The third-order valence-corrected chi connectivity index (χ3v) is 2.93. The summed E-state index contributed by atoms with van der Waals surface area (Å²) in [5.74, 6) is -0.238. The van der Waals surface area contributed by atoms with E-state index in [2.05, 4.69) is 9.69 Å². The van der Waals surface area contributed by atoms with Crippen molar-refractivity contribution in [2.45, 2.75) is 13.0 Å². The van der Waals surface area contributed by atoms with Crippen LogP contribution in [0.2, 0.25) is 0 Å². The molecular formula is C10H10N2O2S. The quantitative estimate of drug-likeness (QED) is 0.835. The Morgan fingerprint density at radius 1 is 1.53 bits per heavy atom.